The average molecular weight is 277 g/mol. The van der Waals surface area contributed by atoms with E-state index in [1.54, 1.807) is 0 Å². The Morgan fingerprint density at radius 3 is 1.81 bits per heavy atom. The second-order valence-electron chi connectivity index (χ2n) is 5.40. The highest BCUT2D eigenvalue weighted by Gasteiger charge is 2.37. The van der Waals surface area contributed by atoms with Crippen LogP contribution in [-0.4, -0.2) is 0 Å². The molecule has 21 heavy (non-hydrogen) atoms. The third-order valence-corrected chi connectivity index (χ3v) is 4.12. The largest absolute Gasteiger partial charge is 0.323 e. The fourth-order valence-electron chi connectivity index (χ4n) is 3.02. The van der Waals surface area contributed by atoms with Gasteiger partial charge in [-0.1, -0.05) is 72.8 Å². The summed E-state index contributed by atoms with van der Waals surface area (Å²) in [5, 5.41) is 0. The van der Waals surface area contributed by atoms with E-state index < -0.39 is 0 Å². The third kappa shape index (κ3) is 3.14. The molecule has 2 rings (SSSR count). The monoisotopic (exact) mass is 277 g/mol. The lowest BCUT2D eigenvalue weighted by Gasteiger charge is -2.39. The van der Waals surface area contributed by atoms with Gasteiger partial charge in [-0.15, -0.1) is 13.2 Å². The lowest BCUT2D eigenvalue weighted by molar-refractivity contribution is 0.353. The summed E-state index contributed by atoms with van der Waals surface area (Å²) in [5.41, 5.74) is 8.86. The van der Waals surface area contributed by atoms with Crippen molar-refractivity contribution in [2.75, 3.05) is 0 Å². The van der Waals surface area contributed by atoms with Crippen LogP contribution in [0.5, 0.6) is 0 Å². The molecule has 0 radical (unpaired) electrons. The van der Waals surface area contributed by atoms with Gasteiger partial charge in [-0.2, -0.15) is 0 Å². The fraction of sp³-hybridized carbons (Fsp3) is 0.200. The van der Waals surface area contributed by atoms with Gasteiger partial charge in [0.2, 0.25) is 0 Å². The molecule has 0 heterocycles. The number of hydrogen-bond acceptors (Lipinski definition) is 1. The Bertz CT molecular complexity index is 561. The SMILES string of the molecule is C=CCC(CC=C)(c1ccccc1)C(N)c1ccccc1. The number of rotatable bonds is 7. The number of benzene rings is 2. The van der Waals surface area contributed by atoms with E-state index in [1.165, 1.54) is 5.56 Å². The lowest BCUT2D eigenvalue weighted by Crippen LogP contribution is -2.38. The molecule has 0 saturated carbocycles. The van der Waals surface area contributed by atoms with E-state index in [0.717, 1.165) is 18.4 Å². The van der Waals surface area contributed by atoms with Crippen LogP contribution in [0.4, 0.5) is 0 Å². The van der Waals surface area contributed by atoms with Crippen LogP contribution < -0.4 is 5.73 Å². The molecule has 108 valence electrons. The highest BCUT2D eigenvalue weighted by molar-refractivity contribution is 5.34. The Morgan fingerprint density at radius 1 is 0.857 bits per heavy atom. The molecule has 0 aliphatic heterocycles. The normalized spacial score (nSPS) is 12.6. The smallest absolute Gasteiger partial charge is 0.0399 e. The molecule has 1 unspecified atom stereocenters. The molecule has 2 aromatic carbocycles. The molecule has 1 nitrogen and oxygen atoms in total. The molecule has 2 aromatic rings. The lowest BCUT2D eigenvalue weighted by atomic mass is 9.67. The van der Waals surface area contributed by atoms with Crippen LogP contribution in [0.3, 0.4) is 0 Å². The molecule has 1 atom stereocenters. The first-order valence-corrected chi connectivity index (χ1v) is 7.32. The van der Waals surface area contributed by atoms with Crippen LogP contribution in [0.2, 0.25) is 0 Å². The van der Waals surface area contributed by atoms with Crippen molar-refractivity contribution in [3.63, 3.8) is 0 Å². The number of hydrogen-bond donors (Lipinski definition) is 1. The van der Waals surface area contributed by atoms with E-state index in [2.05, 4.69) is 49.6 Å². The zero-order chi connectivity index (χ0) is 15.1. The molecule has 0 saturated heterocycles. The molecule has 0 amide bonds. The van der Waals surface area contributed by atoms with Crippen molar-refractivity contribution in [3.05, 3.63) is 97.1 Å². The summed E-state index contributed by atoms with van der Waals surface area (Å²) < 4.78 is 0. The summed E-state index contributed by atoms with van der Waals surface area (Å²) in [6, 6.07) is 20.6. The maximum absolute atomic E-state index is 6.68. The molecule has 0 spiro atoms. The maximum atomic E-state index is 6.68. The highest BCUT2D eigenvalue weighted by Crippen LogP contribution is 2.42. The van der Waals surface area contributed by atoms with Gasteiger partial charge in [-0.05, 0) is 24.0 Å². The molecule has 0 fully saturated rings. The van der Waals surface area contributed by atoms with Gasteiger partial charge in [0.15, 0.2) is 0 Å². The molecule has 0 aliphatic rings. The van der Waals surface area contributed by atoms with Crippen LogP contribution in [0, 0.1) is 0 Å². The van der Waals surface area contributed by atoms with E-state index in [4.69, 9.17) is 5.73 Å². The van der Waals surface area contributed by atoms with Gasteiger partial charge in [0.05, 0.1) is 0 Å². The summed E-state index contributed by atoms with van der Waals surface area (Å²) in [5.74, 6) is 0. The quantitative estimate of drug-likeness (QED) is 0.724. The molecule has 0 aromatic heterocycles. The summed E-state index contributed by atoms with van der Waals surface area (Å²) in [6.45, 7) is 7.88. The van der Waals surface area contributed by atoms with Crippen molar-refractivity contribution in [2.24, 2.45) is 5.73 Å². The molecular weight excluding hydrogens is 254 g/mol. The molecule has 0 bridgehead atoms. The molecular formula is C20H23N. The summed E-state index contributed by atoms with van der Waals surface area (Å²) in [7, 11) is 0. The summed E-state index contributed by atoms with van der Waals surface area (Å²) >= 11 is 0. The molecule has 0 aliphatic carbocycles. The van der Waals surface area contributed by atoms with E-state index in [9.17, 15) is 0 Å². The third-order valence-electron chi connectivity index (χ3n) is 4.12. The van der Waals surface area contributed by atoms with Gasteiger partial charge >= 0.3 is 0 Å². The van der Waals surface area contributed by atoms with Crippen LogP contribution in [0.1, 0.15) is 30.0 Å². The van der Waals surface area contributed by atoms with Crippen molar-refractivity contribution < 1.29 is 0 Å². The van der Waals surface area contributed by atoms with E-state index in [-0.39, 0.29) is 11.5 Å². The minimum Gasteiger partial charge on any atom is -0.323 e. The summed E-state index contributed by atoms with van der Waals surface area (Å²) in [4.78, 5) is 0. The average Bonchev–Trinajstić information content (AvgIpc) is 2.55. The van der Waals surface area contributed by atoms with E-state index in [1.807, 2.05) is 36.4 Å². The standard InChI is InChI=1S/C20H23N/c1-3-15-20(16-4-2,18-13-9-6-10-14-18)19(21)17-11-7-5-8-12-17/h3-14,19H,1-2,15-16,21H2. The van der Waals surface area contributed by atoms with Gasteiger partial charge in [0.25, 0.3) is 0 Å². The van der Waals surface area contributed by atoms with Crippen LogP contribution in [0.15, 0.2) is 86.0 Å². The van der Waals surface area contributed by atoms with Crippen molar-refractivity contribution >= 4 is 0 Å². The molecule has 1 heteroatoms. The highest BCUT2D eigenvalue weighted by atomic mass is 14.7. The van der Waals surface area contributed by atoms with E-state index >= 15 is 0 Å². The first-order chi connectivity index (χ1) is 10.2. The van der Waals surface area contributed by atoms with Crippen molar-refractivity contribution in [2.45, 2.75) is 24.3 Å². The number of nitrogens with two attached hydrogens (primary N) is 1. The van der Waals surface area contributed by atoms with Crippen molar-refractivity contribution in [3.8, 4) is 0 Å². The van der Waals surface area contributed by atoms with Crippen LogP contribution >= 0.6 is 0 Å². The van der Waals surface area contributed by atoms with Crippen molar-refractivity contribution in [1.82, 2.24) is 0 Å². The van der Waals surface area contributed by atoms with Crippen molar-refractivity contribution in [1.29, 1.82) is 0 Å². The second-order valence-corrected chi connectivity index (χ2v) is 5.40. The second kappa shape index (κ2) is 7.05. The Morgan fingerprint density at radius 2 is 1.33 bits per heavy atom. The first kappa shape index (κ1) is 15.3. The molecule has 2 N–H and O–H groups in total. The minimum atomic E-state index is -0.202. The van der Waals surface area contributed by atoms with Gasteiger partial charge in [-0.3, -0.25) is 0 Å². The minimum absolute atomic E-state index is 0.0999. The Labute approximate surface area is 127 Å². The van der Waals surface area contributed by atoms with Crippen LogP contribution in [0.25, 0.3) is 0 Å². The van der Waals surface area contributed by atoms with Crippen LogP contribution in [-0.2, 0) is 5.41 Å². The predicted molar refractivity (Wildman–Crippen MR) is 91.1 cm³/mol. The summed E-state index contributed by atoms with van der Waals surface area (Å²) in [6.07, 6.45) is 5.55. The number of allylic oxidation sites excluding steroid dienone is 2. The van der Waals surface area contributed by atoms with E-state index in [0.29, 0.717) is 0 Å². The Hall–Kier alpha value is -2.12. The zero-order valence-corrected chi connectivity index (χ0v) is 12.4. The topological polar surface area (TPSA) is 26.0 Å². The predicted octanol–water partition coefficient (Wildman–Crippen LogP) is 4.78. The Balaban J connectivity index is 2.53. The Kier molecular flexibility index (Phi) is 5.13. The fourth-order valence-corrected chi connectivity index (χ4v) is 3.02. The van der Waals surface area contributed by atoms with Gasteiger partial charge in [-0.25, -0.2) is 0 Å². The van der Waals surface area contributed by atoms with Gasteiger partial charge < -0.3 is 5.73 Å². The zero-order valence-electron chi connectivity index (χ0n) is 12.4. The van der Waals surface area contributed by atoms with Gasteiger partial charge in [0, 0.05) is 11.5 Å². The first-order valence-electron chi connectivity index (χ1n) is 7.32. The maximum Gasteiger partial charge on any atom is 0.0399 e. The van der Waals surface area contributed by atoms with Gasteiger partial charge in [0.1, 0.15) is 0 Å².